The van der Waals surface area contributed by atoms with Crippen molar-refractivity contribution in [1.82, 2.24) is 24.3 Å². The molecule has 146 valence electrons. The molecule has 1 unspecified atom stereocenters. The van der Waals surface area contributed by atoms with Gasteiger partial charge in [0.2, 0.25) is 0 Å². The molecule has 4 heterocycles. The molecular formula is C22H21N5O2. The Hall–Kier alpha value is -3.48. The van der Waals surface area contributed by atoms with Gasteiger partial charge < -0.3 is 9.88 Å². The third kappa shape index (κ3) is 2.99. The Morgan fingerprint density at radius 2 is 2.10 bits per heavy atom. The quantitative estimate of drug-likeness (QED) is 0.573. The highest BCUT2D eigenvalue weighted by Crippen LogP contribution is 2.28. The summed E-state index contributed by atoms with van der Waals surface area (Å²) in [4.78, 5) is 40.1. The minimum Gasteiger partial charge on any atom is -0.342 e. The van der Waals surface area contributed by atoms with Crippen molar-refractivity contribution >= 4 is 22.6 Å². The highest BCUT2D eigenvalue weighted by molar-refractivity contribution is 5.94. The number of benzene rings is 1. The fraction of sp³-hybridized carbons (Fsp3) is 0.273. The van der Waals surface area contributed by atoms with Crippen LogP contribution in [0.3, 0.4) is 0 Å². The van der Waals surface area contributed by atoms with Gasteiger partial charge in [-0.1, -0.05) is 18.2 Å². The molecule has 7 nitrogen and oxygen atoms in total. The number of imidazole rings is 1. The number of piperidine rings is 1. The molecule has 1 aliphatic rings. The van der Waals surface area contributed by atoms with Crippen LogP contribution in [0, 0.1) is 6.92 Å². The Morgan fingerprint density at radius 3 is 2.97 bits per heavy atom. The number of aromatic amines is 1. The van der Waals surface area contributed by atoms with Crippen LogP contribution in [-0.4, -0.2) is 43.2 Å². The van der Waals surface area contributed by atoms with Crippen LogP contribution in [-0.2, 0) is 0 Å². The lowest BCUT2D eigenvalue weighted by Gasteiger charge is -2.31. The van der Waals surface area contributed by atoms with E-state index in [0.29, 0.717) is 18.7 Å². The molecule has 7 heteroatoms. The van der Waals surface area contributed by atoms with Crippen molar-refractivity contribution < 1.29 is 4.79 Å². The Bertz CT molecular complexity index is 1290. The number of para-hydroxylation sites is 1. The molecular weight excluding hydrogens is 366 g/mol. The third-order valence-electron chi connectivity index (χ3n) is 5.67. The number of carbonyl (C=O) groups excluding carboxylic acids is 1. The largest absolute Gasteiger partial charge is 0.342 e. The summed E-state index contributed by atoms with van der Waals surface area (Å²) >= 11 is 0. The summed E-state index contributed by atoms with van der Waals surface area (Å²) in [5.41, 5.74) is 3.42. The molecule has 1 N–H and O–H groups in total. The van der Waals surface area contributed by atoms with Crippen LogP contribution in [0.2, 0.25) is 0 Å². The van der Waals surface area contributed by atoms with E-state index in [1.165, 1.54) is 10.6 Å². The fourth-order valence-corrected chi connectivity index (χ4v) is 4.12. The number of nitrogens with zero attached hydrogens (tertiary/aromatic N) is 4. The molecule has 0 bridgehead atoms. The first-order valence-electron chi connectivity index (χ1n) is 9.83. The topological polar surface area (TPSA) is 83.4 Å². The van der Waals surface area contributed by atoms with E-state index < -0.39 is 0 Å². The number of nitrogens with one attached hydrogen (secondary N) is 1. The third-order valence-corrected chi connectivity index (χ3v) is 5.67. The van der Waals surface area contributed by atoms with Crippen molar-refractivity contribution in [3.63, 3.8) is 0 Å². The van der Waals surface area contributed by atoms with Crippen molar-refractivity contribution in [3.8, 4) is 0 Å². The summed E-state index contributed by atoms with van der Waals surface area (Å²) in [6, 6.07) is 11.4. The highest BCUT2D eigenvalue weighted by Gasteiger charge is 2.29. The van der Waals surface area contributed by atoms with E-state index >= 15 is 0 Å². The van der Waals surface area contributed by atoms with Gasteiger partial charge in [0.05, 0.1) is 11.0 Å². The van der Waals surface area contributed by atoms with E-state index in [4.69, 9.17) is 4.98 Å². The lowest BCUT2D eigenvalue weighted by Crippen LogP contribution is -2.41. The van der Waals surface area contributed by atoms with Crippen LogP contribution < -0.4 is 5.56 Å². The SMILES string of the molecule is Cc1cccc2[nH]c(C3CCCN(C(=O)c4cnc5ccccn5c4=O)C3)nc12. The maximum absolute atomic E-state index is 13.1. The average molecular weight is 387 g/mol. The second-order valence-electron chi connectivity index (χ2n) is 7.59. The number of rotatable bonds is 2. The normalized spacial score (nSPS) is 17.1. The van der Waals surface area contributed by atoms with Crippen LogP contribution >= 0.6 is 0 Å². The molecule has 1 amide bonds. The monoisotopic (exact) mass is 387 g/mol. The molecule has 5 rings (SSSR count). The number of amides is 1. The Kier molecular flexibility index (Phi) is 4.16. The molecule has 1 saturated heterocycles. The standard InChI is InChI=1S/C22H21N5O2/c1-14-6-4-8-17-19(14)25-20(24-17)15-7-5-10-26(13-15)21(28)16-12-23-18-9-2-3-11-27(18)22(16)29/h2-4,6,8-9,11-12,15H,5,7,10,13H2,1H3,(H,24,25). The number of aromatic nitrogens is 4. The number of hydrogen-bond donors (Lipinski definition) is 1. The number of carbonyl (C=O) groups is 1. The van der Waals surface area contributed by atoms with E-state index in [-0.39, 0.29) is 22.9 Å². The van der Waals surface area contributed by atoms with Gasteiger partial charge in [-0.05, 0) is 43.5 Å². The van der Waals surface area contributed by atoms with Gasteiger partial charge in [-0.3, -0.25) is 14.0 Å². The predicted octanol–water partition coefficient (Wildman–Crippen LogP) is 2.90. The second kappa shape index (κ2) is 6.84. The fourth-order valence-electron chi connectivity index (χ4n) is 4.12. The van der Waals surface area contributed by atoms with Gasteiger partial charge >= 0.3 is 0 Å². The zero-order valence-electron chi connectivity index (χ0n) is 16.1. The summed E-state index contributed by atoms with van der Waals surface area (Å²) in [6.07, 6.45) is 4.86. The van der Waals surface area contributed by atoms with Crippen molar-refractivity contribution in [3.05, 3.63) is 76.1 Å². The first kappa shape index (κ1) is 17.6. The lowest BCUT2D eigenvalue weighted by atomic mass is 9.97. The first-order valence-corrected chi connectivity index (χ1v) is 9.83. The number of likely N-dealkylation sites (tertiary alicyclic amines) is 1. The van der Waals surface area contributed by atoms with Crippen molar-refractivity contribution in [2.75, 3.05) is 13.1 Å². The molecule has 1 aliphatic heterocycles. The van der Waals surface area contributed by atoms with Crippen LogP contribution in [0.4, 0.5) is 0 Å². The van der Waals surface area contributed by atoms with Gasteiger partial charge in [0.1, 0.15) is 17.0 Å². The Labute approximate surface area is 167 Å². The van der Waals surface area contributed by atoms with E-state index in [2.05, 4.69) is 9.97 Å². The minimum absolute atomic E-state index is 0.106. The Balaban J connectivity index is 1.44. The van der Waals surface area contributed by atoms with Gasteiger partial charge in [0.25, 0.3) is 11.5 Å². The van der Waals surface area contributed by atoms with Crippen molar-refractivity contribution in [1.29, 1.82) is 0 Å². The maximum atomic E-state index is 13.1. The molecule has 4 aromatic rings. The second-order valence-corrected chi connectivity index (χ2v) is 7.59. The van der Waals surface area contributed by atoms with Gasteiger partial charge in [0.15, 0.2) is 0 Å². The molecule has 3 aromatic heterocycles. The van der Waals surface area contributed by atoms with E-state index in [0.717, 1.165) is 35.3 Å². The van der Waals surface area contributed by atoms with Gasteiger partial charge in [-0.25, -0.2) is 9.97 Å². The highest BCUT2D eigenvalue weighted by atomic mass is 16.2. The van der Waals surface area contributed by atoms with E-state index in [1.807, 2.05) is 31.2 Å². The van der Waals surface area contributed by atoms with E-state index in [9.17, 15) is 9.59 Å². The zero-order valence-corrected chi connectivity index (χ0v) is 16.1. The van der Waals surface area contributed by atoms with Crippen LogP contribution in [0.1, 0.15) is 40.5 Å². The summed E-state index contributed by atoms with van der Waals surface area (Å²) in [6.45, 7) is 3.21. The number of fused-ring (bicyclic) bond motifs is 2. The van der Waals surface area contributed by atoms with Crippen LogP contribution in [0.25, 0.3) is 16.7 Å². The molecule has 0 aliphatic carbocycles. The molecule has 29 heavy (non-hydrogen) atoms. The lowest BCUT2D eigenvalue weighted by molar-refractivity contribution is 0.0702. The first-order chi connectivity index (χ1) is 14.1. The van der Waals surface area contributed by atoms with Gasteiger partial charge in [0, 0.05) is 31.4 Å². The molecule has 1 fully saturated rings. The molecule has 0 radical (unpaired) electrons. The van der Waals surface area contributed by atoms with Crippen molar-refractivity contribution in [2.24, 2.45) is 0 Å². The van der Waals surface area contributed by atoms with E-state index in [1.54, 1.807) is 23.2 Å². The van der Waals surface area contributed by atoms with Crippen LogP contribution in [0.5, 0.6) is 0 Å². The average Bonchev–Trinajstić information content (AvgIpc) is 3.20. The smallest absolute Gasteiger partial charge is 0.270 e. The van der Waals surface area contributed by atoms with Crippen molar-refractivity contribution in [2.45, 2.75) is 25.7 Å². The maximum Gasteiger partial charge on any atom is 0.270 e. The van der Waals surface area contributed by atoms with Crippen LogP contribution in [0.15, 0.2) is 53.6 Å². The summed E-state index contributed by atoms with van der Waals surface area (Å²) in [5, 5.41) is 0. The molecule has 0 saturated carbocycles. The minimum atomic E-state index is -0.331. The molecule has 1 atom stereocenters. The predicted molar refractivity (Wildman–Crippen MR) is 110 cm³/mol. The number of H-pyrrole nitrogens is 1. The number of aryl methyl sites for hydroxylation is 1. The van der Waals surface area contributed by atoms with Gasteiger partial charge in [-0.15, -0.1) is 0 Å². The number of pyridine rings is 1. The Morgan fingerprint density at radius 1 is 1.21 bits per heavy atom. The molecule has 0 spiro atoms. The summed E-state index contributed by atoms with van der Waals surface area (Å²) < 4.78 is 1.41. The summed E-state index contributed by atoms with van der Waals surface area (Å²) in [5.74, 6) is 0.758. The number of hydrogen-bond acceptors (Lipinski definition) is 4. The summed E-state index contributed by atoms with van der Waals surface area (Å²) in [7, 11) is 0. The zero-order chi connectivity index (χ0) is 20.0. The molecule has 1 aromatic carbocycles. The van der Waals surface area contributed by atoms with Gasteiger partial charge in [-0.2, -0.15) is 0 Å².